The molecule has 3 aromatic rings. The van der Waals surface area contributed by atoms with Crippen molar-refractivity contribution in [3.05, 3.63) is 75.6 Å². The number of carbonyl (C=O) groups is 3. The van der Waals surface area contributed by atoms with Gasteiger partial charge in [0.15, 0.2) is 0 Å². The number of benzene rings is 2. The zero-order valence-corrected chi connectivity index (χ0v) is 15.3. The highest BCUT2D eigenvalue weighted by Gasteiger charge is 2.36. The largest absolute Gasteiger partial charge is 0.497 e. The van der Waals surface area contributed by atoms with E-state index in [0.717, 1.165) is 4.90 Å². The van der Waals surface area contributed by atoms with Crippen LogP contribution in [-0.2, 0) is 16.1 Å². The fourth-order valence-corrected chi connectivity index (χ4v) is 3.17. The molecule has 4 rings (SSSR count). The molecule has 0 aliphatic carbocycles. The molecule has 0 bridgehead atoms. The molecule has 1 aliphatic rings. The van der Waals surface area contributed by atoms with Gasteiger partial charge in [0.1, 0.15) is 24.5 Å². The van der Waals surface area contributed by atoms with Crippen molar-refractivity contribution in [3.8, 4) is 5.75 Å². The van der Waals surface area contributed by atoms with Crippen molar-refractivity contribution in [1.82, 2.24) is 4.90 Å². The minimum atomic E-state index is -0.769. The first-order valence-corrected chi connectivity index (χ1v) is 8.69. The van der Waals surface area contributed by atoms with Crippen LogP contribution in [-0.4, -0.2) is 36.3 Å². The first-order chi connectivity index (χ1) is 14.0. The number of imide groups is 1. The van der Waals surface area contributed by atoms with Crippen LogP contribution < -0.4 is 10.4 Å². The molecule has 0 fully saturated rings. The lowest BCUT2D eigenvalue weighted by Gasteiger charge is -2.13. The van der Waals surface area contributed by atoms with Crippen molar-refractivity contribution in [2.45, 2.75) is 6.61 Å². The molecule has 146 valence electrons. The molecule has 1 aromatic heterocycles. The second kappa shape index (κ2) is 7.23. The van der Waals surface area contributed by atoms with E-state index in [-0.39, 0.29) is 17.7 Å². The standard InChI is InChI=1S/C21H15NO7/c1-27-13-6-7-14-12(8-18(23)29-17(14)9-13)11-28-19(24)10-22-20(25)15-4-2-3-5-16(15)21(22)26/h2-9H,10-11H2,1H3. The highest BCUT2D eigenvalue weighted by atomic mass is 16.5. The van der Waals surface area contributed by atoms with Gasteiger partial charge in [-0.3, -0.25) is 19.3 Å². The Bertz CT molecular complexity index is 1180. The highest BCUT2D eigenvalue weighted by molar-refractivity contribution is 6.22. The summed E-state index contributed by atoms with van der Waals surface area (Å²) in [7, 11) is 1.49. The van der Waals surface area contributed by atoms with E-state index in [9.17, 15) is 19.2 Å². The molecule has 1 aliphatic heterocycles. The average Bonchev–Trinajstić information content (AvgIpc) is 2.96. The summed E-state index contributed by atoms with van der Waals surface area (Å²) < 4.78 is 15.5. The molecular weight excluding hydrogens is 378 g/mol. The van der Waals surface area contributed by atoms with Gasteiger partial charge in [0.2, 0.25) is 0 Å². The predicted molar refractivity (Wildman–Crippen MR) is 101 cm³/mol. The first-order valence-electron chi connectivity index (χ1n) is 8.69. The third-order valence-electron chi connectivity index (χ3n) is 4.59. The molecule has 0 atom stereocenters. The summed E-state index contributed by atoms with van der Waals surface area (Å²) in [6.45, 7) is -0.726. The number of methoxy groups -OCH3 is 1. The second-order valence-electron chi connectivity index (χ2n) is 6.36. The predicted octanol–water partition coefficient (Wildman–Crippen LogP) is 2.14. The van der Waals surface area contributed by atoms with Crippen LogP contribution in [0.4, 0.5) is 0 Å². The lowest BCUT2D eigenvalue weighted by Crippen LogP contribution is -2.35. The van der Waals surface area contributed by atoms with Crippen molar-refractivity contribution in [3.63, 3.8) is 0 Å². The van der Waals surface area contributed by atoms with Crippen LogP contribution in [0.2, 0.25) is 0 Å². The second-order valence-corrected chi connectivity index (χ2v) is 6.36. The first kappa shape index (κ1) is 18.4. The quantitative estimate of drug-likeness (QED) is 0.372. The van der Waals surface area contributed by atoms with Gasteiger partial charge in [0.25, 0.3) is 11.8 Å². The van der Waals surface area contributed by atoms with E-state index in [1.165, 1.54) is 25.3 Å². The molecule has 2 aromatic carbocycles. The van der Waals surface area contributed by atoms with Crippen molar-refractivity contribution in [2.75, 3.05) is 13.7 Å². The zero-order valence-electron chi connectivity index (χ0n) is 15.3. The third kappa shape index (κ3) is 3.36. The smallest absolute Gasteiger partial charge is 0.336 e. The molecule has 0 spiro atoms. The maximum atomic E-state index is 12.3. The summed E-state index contributed by atoms with van der Waals surface area (Å²) in [5.41, 5.74) is 0.645. The summed E-state index contributed by atoms with van der Waals surface area (Å²) in [6.07, 6.45) is 0. The molecule has 8 heteroatoms. The number of amides is 2. The molecule has 0 saturated heterocycles. The van der Waals surface area contributed by atoms with E-state index in [1.54, 1.807) is 30.3 Å². The van der Waals surface area contributed by atoms with Gasteiger partial charge in [-0.15, -0.1) is 0 Å². The van der Waals surface area contributed by atoms with Gasteiger partial charge in [-0.25, -0.2) is 4.79 Å². The van der Waals surface area contributed by atoms with Gasteiger partial charge >= 0.3 is 11.6 Å². The summed E-state index contributed by atoms with van der Waals surface area (Å²) in [4.78, 5) is 49.5. The number of carbonyl (C=O) groups excluding carboxylic acids is 3. The Hall–Kier alpha value is -3.94. The van der Waals surface area contributed by atoms with Crippen molar-refractivity contribution >= 4 is 28.8 Å². The Balaban J connectivity index is 1.49. The maximum Gasteiger partial charge on any atom is 0.336 e. The Morgan fingerprint density at radius 1 is 1.00 bits per heavy atom. The summed E-state index contributed by atoms with van der Waals surface area (Å²) in [5, 5.41) is 0.582. The van der Waals surface area contributed by atoms with E-state index >= 15 is 0 Å². The topological polar surface area (TPSA) is 103 Å². The third-order valence-corrected chi connectivity index (χ3v) is 4.59. The SMILES string of the molecule is COc1ccc2c(COC(=O)CN3C(=O)c4ccccc4C3=O)cc(=O)oc2c1. The monoisotopic (exact) mass is 393 g/mol. The lowest BCUT2D eigenvalue weighted by molar-refractivity contribution is -0.145. The average molecular weight is 393 g/mol. The molecule has 2 amide bonds. The van der Waals surface area contributed by atoms with Crippen LogP contribution in [0, 0.1) is 0 Å². The maximum absolute atomic E-state index is 12.3. The van der Waals surface area contributed by atoms with E-state index in [1.807, 2.05) is 0 Å². The molecular formula is C21H15NO7. The normalized spacial score (nSPS) is 12.9. The van der Waals surface area contributed by atoms with Gasteiger partial charge < -0.3 is 13.9 Å². The summed E-state index contributed by atoms with van der Waals surface area (Å²) in [5.74, 6) is -1.34. The van der Waals surface area contributed by atoms with Gasteiger partial charge in [0, 0.05) is 23.1 Å². The number of ether oxygens (including phenoxy) is 2. The number of rotatable bonds is 5. The number of esters is 1. The van der Waals surface area contributed by atoms with Crippen molar-refractivity contribution < 1.29 is 28.3 Å². The van der Waals surface area contributed by atoms with Crippen molar-refractivity contribution in [2.24, 2.45) is 0 Å². The lowest BCUT2D eigenvalue weighted by atomic mass is 10.1. The molecule has 0 saturated carbocycles. The number of hydrogen-bond donors (Lipinski definition) is 0. The molecule has 0 N–H and O–H groups in total. The summed E-state index contributed by atoms with van der Waals surface area (Å²) >= 11 is 0. The van der Waals surface area contributed by atoms with Gasteiger partial charge in [0.05, 0.1) is 18.2 Å². The van der Waals surface area contributed by atoms with Gasteiger partial charge in [-0.1, -0.05) is 12.1 Å². The molecule has 2 heterocycles. The molecule has 29 heavy (non-hydrogen) atoms. The number of hydrogen-bond acceptors (Lipinski definition) is 7. The van der Waals surface area contributed by atoms with Crippen LogP contribution in [0.3, 0.4) is 0 Å². The van der Waals surface area contributed by atoms with E-state index in [4.69, 9.17) is 13.9 Å². The fourth-order valence-electron chi connectivity index (χ4n) is 3.17. The molecule has 0 radical (unpaired) electrons. The molecule has 8 nitrogen and oxygen atoms in total. The number of nitrogens with zero attached hydrogens (tertiary/aromatic N) is 1. The Morgan fingerprint density at radius 3 is 2.34 bits per heavy atom. The van der Waals surface area contributed by atoms with E-state index in [2.05, 4.69) is 0 Å². The van der Waals surface area contributed by atoms with Crippen LogP contribution in [0.1, 0.15) is 26.3 Å². The van der Waals surface area contributed by atoms with Crippen molar-refractivity contribution in [1.29, 1.82) is 0 Å². The Morgan fingerprint density at radius 2 is 1.69 bits per heavy atom. The van der Waals surface area contributed by atoms with Gasteiger partial charge in [-0.05, 0) is 24.3 Å². The van der Waals surface area contributed by atoms with Crippen LogP contribution >= 0.6 is 0 Å². The van der Waals surface area contributed by atoms with E-state index in [0.29, 0.717) is 22.3 Å². The highest BCUT2D eigenvalue weighted by Crippen LogP contribution is 2.24. The molecule has 0 unspecified atom stereocenters. The summed E-state index contributed by atoms with van der Waals surface area (Å²) in [6, 6.07) is 12.5. The minimum Gasteiger partial charge on any atom is -0.497 e. The van der Waals surface area contributed by atoms with Crippen LogP contribution in [0.5, 0.6) is 5.75 Å². The Kier molecular flexibility index (Phi) is 4.59. The number of fused-ring (bicyclic) bond motifs is 2. The Labute approximate surface area is 164 Å². The zero-order chi connectivity index (χ0) is 20.5. The van der Waals surface area contributed by atoms with Gasteiger partial charge in [-0.2, -0.15) is 0 Å². The van der Waals surface area contributed by atoms with E-state index < -0.39 is 30.0 Å². The fraction of sp³-hybridized carbons (Fsp3) is 0.143. The van der Waals surface area contributed by atoms with Crippen LogP contribution in [0.15, 0.2) is 57.7 Å². The van der Waals surface area contributed by atoms with Crippen LogP contribution in [0.25, 0.3) is 11.0 Å². The minimum absolute atomic E-state index is 0.212.